The van der Waals surface area contributed by atoms with Crippen LogP contribution in [-0.4, -0.2) is 47.0 Å². The second-order valence-electron chi connectivity index (χ2n) is 6.63. The highest BCUT2D eigenvalue weighted by molar-refractivity contribution is 6.33. The normalized spacial score (nSPS) is 14.7. The number of carbonyl (C=O) groups is 1. The largest absolute Gasteiger partial charge is 0.352 e. The number of piperazine rings is 1. The molecule has 0 radical (unpaired) electrons. The Morgan fingerprint density at radius 3 is 2.45 bits per heavy atom. The number of fused-ring (bicyclic) bond motifs is 1. The van der Waals surface area contributed by atoms with E-state index >= 15 is 0 Å². The van der Waals surface area contributed by atoms with Crippen molar-refractivity contribution >= 4 is 34.2 Å². The van der Waals surface area contributed by atoms with Crippen LogP contribution < -0.4 is 4.90 Å². The van der Waals surface area contributed by atoms with Crippen LogP contribution >= 0.6 is 11.6 Å². The van der Waals surface area contributed by atoms with Gasteiger partial charge in [0.2, 0.25) is 0 Å². The molecule has 0 aliphatic carbocycles. The average Bonchev–Trinajstić information content (AvgIpc) is 2.72. The summed E-state index contributed by atoms with van der Waals surface area (Å²) < 4.78 is 39.7. The van der Waals surface area contributed by atoms with E-state index in [1.807, 2.05) is 4.90 Å². The fraction of sp³-hybridized carbons (Fsp3) is 0.250. The Morgan fingerprint density at radius 2 is 1.76 bits per heavy atom. The second kappa shape index (κ2) is 7.87. The molecule has 2 heterocycles. The Morgan fingerprint density at radius 1 is 1.03 bits per heavy atom. The maximum absolute atomic E-state index is 13.2. The molecule has 1 aliphatic heterocycles. The number of aromatic nitrogens is 2. The van der Waals surface area contributed by atoms with Gasteiger partial charge in [0.05, 0.1) is 16.1 Å². The van der Waals surface area contributed by atoms with Crippen LogP contribution in [0.3, 0.4) is 0 Å². The second-order valence-corrected chi connectivity index (χ2v) is 7.03. The van der Waals surface area contributed by atoms with Crippen molar-refractivity contribution in [2.45, 2.75) is 6.43 Å². The topological polar surface area (TPSA) is 49.3 Å². The number of anilines is 1. The number of amides is 1. The Bertz CT molecular complexity index is 1070. The molecule has 29 heavy (non-hydrogen) atoms. The van der Waals surface area contributed by atoms with E-state index < -0.39 is 18.1 Å². The van der Waals surface area contributed by atoms with E-state index in [1.165, 1.54) is 12.1 Å². The van der Waals surface area contributed by atoms with Crippen LogP contribution in [0.4, 0.5) is 19.0 Å². The molecule has 2 aromatic carbocycles. The molecule has 0 bridgehead atoms. The van der Waals surface area contributed by atoms with Gasteiger partial charge < -0.3 is 9.80 Å². The molecular formula is C20H16ClF3N4O. The van der Waals surface area contributed by atoms with Crippen molar-refractivity contribution in [3.8, 4) is 0 Å². The average molecular weight is 421 g/mol. The van der Waals surface area contributed by atoms with Gasteiger partial charge in [-0.05, 0) is 30.3 Å². The van der Waals surface area contributed by atoms with Crippen LogP contribution in [0.2, 0.25) is 5.02 Å². The molecule has 1 amide bonds. The standard InChI is InChI=1S/C20H16ClF3N4O/c21-15-11-12(22)5-6-13(15)20(29)28-9-7-27(8-10-28)19-14-3-1-2-4-16(14)25-18(26-19)17(23)24/h1-6,11,17H,7-10H2. The Labute approximate surface area is 169 Å². The van der Waals surface area contributed by atoms with Gasteiger partial charge in [-0.1, -0.05) is 23.7 Å². The predicted molar refractivity (Wildman–Crippen MR) is 104 cm³/mol. The van der Waals surface area contributed by atoms with Crippen molar-refractivity contribution in [2.24, 2.45) is 0 Å². The molecule has 4 rings (SSSR count). The Kier molecular flexibility index (Phi) is 5.27. The third kappa shape index (κ3) is 3.85. The molecule has 1 aromatic heterocycles. The van der Waals surface area contributed by atoms with Crippen LogP contribution in [-0.2, 0) is 0 Å². The predicted octanol–water partition coefficient (Wildman–Crippen LogP) is 4.32. The zero-order valence-electron chi connectivity index (χ0n) is 15.2. The van der Waals surface area contributed by atoms with E-state index in [0.29, 0.717) is 42.9 Å². The highest BCUT2D eigenvalue weighted by atomic mass is 35.5. The summed E-state index contributed by atoms with van der Waals surface area (Å²) in [7, 11) is 0. The number of benzene rings is 2. The van der Waals surface area contributed by atoms with Crippen molar-refractivity contribution in [2.75, 3.05) is 31.1 Å². The van der Waals surface area contributed by atoms with Gasteiger partial charge in [0.1, 0.15) is 11.6 Å². The summed E-state index contributed by atoms with van der Waals surface area (Å²) in [5.41, 5.74) is 0.679. The molecule has 0 atom stereocenters. The van der Waals surface area contributed by atoms with Gasteiger partial charge in [-0.3, -0.25) is 4.79 Å². The maximum atomic E-state index is 13.2. The SMILES string of the molecule is O=C(c1ccc(F)cc1Cl)N1CCN(c2nc(C(F)F)nc3ccccc23)CC1. The van der Waals surface area contributed by atoms with Crippen LogP contribution in [0.15, 0.2) is 42.5 Å². The van der Waals surface area contributed by atoms with Gasteiger partial charge in [0.15, 0.2) is 5.82 Å². The van der Waals surface area contributed by atoms with Gasteiger partial charge in [0.25, 0.3) is 12.3 Å². The molecule has 5 nitrogen and oxygen atoms in total. The third-order valence-electron chi connectivity index (χ3n) is 4.82. The number of alkyl halides is 2. The highest BCUT2D eigenvalue weighted by Gasteiger charge is 2.26. The summed E-state index contributed by atoms with van der Waals surface area (Å²) in [6.07, 6.45) is -2.78. The minimum Gasteiger partial charge on any atom is -0.352 e. The molecule has 1 aliphatic rings. The van der Waals surface area contributed by atoms with Crippen LogP contribution in [0.1, 0.15) is 22.6 Å². The summed E-state index contributed by atoms with van der Waals surface area (Å²) in [6.45, 7) is 1.53. The molecular weight excluding hydrogens is 405 g/mol. The molecule has 3 aromatic rings. The number of rotatable bonds is 3. The Balaban J connectivity index is 1.56. The van der Waals surface area contributed by atoms with Crippen molar-refractivity contribution in [1.29, 1.82) is 0 Å². The summed E-state index contributed by atoms with van der Waals surface area (Å²) >= 11 is 5.99. The molecule has 1 fully saturated rings. The number of hydrogen-bond acceptors (Lipinski definition) is 4. The number of halogens is 4. The first-order chi connectivity index (χ1) is 13.9. The van der Waals surface area contributed by atoms with Crippen molar-refractivity contribution in [3.63, 3.8) is 0 Å². The van der Waals surface area contributed by atoms with E-state index in [9.17, 15) is 18.0 Å². The van der Waals surface area contributed by atoms with Crippen LogP contribution in [0, 0.1) is 5.82 Å². The number of carbonyl (C=O) groups excluding carboxylic acids is 1. The third-order valence-corrected chi connectivity index (χ3v) is 5.14. The van der Waals surface area contributed by atoms with E-state index in [-0.39, 0.29) is 16.5 Å². The minimum absolute atomic E-state index is 0.0563. The van der Waals surface area contributed by atoms with Crippen LogP contribution in [0.5, 0.6) is 0 Å². The van der Waals surface area contributed by atoms with Gasteiger partial charge in [-0.15, -0.1) is 0 Å². The molecule has 9 heteroatoms. The summed E-state index contributed by atoms with van der Waals surface area (Å²) in [5.74, 6) is -0.898. The summed E-state index contributed by atoms with van der Waals surface area (Å²) in [4.78, 5) is 24.2. The van der Waals surface area contributed by atoms with Crippen molar-refractivity contribution in [3.05, 3.63) is 64.7 Å². The Hall–Kier alpha value is -2.87. The number of nitrogens with zero attached hydrogens (tertiary/aromatic N) is 4. The zero-order valence-corrected chi connectivity index (χ0v) is 15.9. The van der Waals surface area contributed by atoms with Crippen LogP contribution in [0.25, 0.3) is 10.9 Å². The molecule has 0 unspecified atom stereocenters. The maximum Gasteiger partial charge on any atom is 0.297 e. The fourth-order valence-corrected chi connectivity index (χ4v) is 3.62. The fourth-order valence-electron chi connectivity index (χ4n) is 3.37. The van der Waals surface area contributed by atoms with Gasteiger partial charge >= 0.3 is 0 Å². The smallest absolute Gasteiger partial charge is 0.297 e. The van der Waals surface area contributed by atoms with Crippen molar-refractivity contribution < 1.29 is 18.0 Å². The van der Waals surface area contributed by atoms with E-state index in [0.717, 1.165) is 6.07 Å². The lowest BCUT2D eigenvalue weighted by Gasteiger charge is -2.36. The first-order valence-electron chi connectivity index (χ1n) is 8.98. The lowest BCUT2D eigenvalue weighted by atomic mass is 10.1. The van der Waals surface area contributed by atoms with Gasteiger partial charge in [-0.2, -0.15) is 0 Å². The van der Waals surface area contributed by atoms with E-state index in [2.05, 4.69) is 9.97 Å². The summed E-state index contributed by atoms with van der Waals surface area (Å²) in [6, 6.07) is 10.6. The summed E-state index contributed by atoms with van der Waals surface area (Å²) in [5, 5.41) is 0.735. The van der Waals surface area contributed by atoms with Gasteiger partial charge in [-0.25, -0.2) is 23.1 Å². The first kappa shape index (κ1) is 19.4. The molecule has 1 saturated heterocycles. The monoisotopic (exact) mass is 420 g/mol. The lowest BCUT2D eigenvalue weighted by Crippen LogP contribution is -2.49. The zero-order chi connectivity index (χ0) is 20.5. The first-order valence-corrected chi connectivity index (χ1v) is 9.36. The number of para-hydroxylation sites is 1. The lowest BCUT2D eigenvalue weighted by molar-refractivity contribution is 0.0746. The minimum atomic E-state index is -2.78. The van der Waals surface area contributed by atoms with Crippen molar-refractivity contribution in [1.82, 2.24) is 14.9 Å². The van der Waals surface area contributed by atoms with E-state index in [1.54, 1.807) is 29.2 Å². The molecule has 0 saturated carbocycles. The quantitative estimate of drug-likeness (QED) is 0.633. The molecule has 0 spiro atoms. The molecule has 0 N–H and O–H groups in total. The van der Waals surface area contributed by atoms with Gasteiger partial charge in [0, 0.05) is 31.6 Å². The van der Waals surface area contributed by atoms with E-state index in [4.69, 9.17) is 11.6 Å². The number of hydrogen-bond donors (Lipinski definition) is 0. The highest BCUT2D eigenvalue weighted by Crippen LogP contribution is 2.28. The molecule has 150 valence electrons.